The number of aliphatic hydroxyl groups excluding tert-OH is 5. The van der Waals surface area contributed by atoms with Crippen molar-refractivity contribution in [3.05, 3.63) is 72.9 Å². The van der Waals surface area contributed by atoms with Gasteiger partial charge in [-0.25, -0.2) is 0 Å². The lowest BCUT2D eigenvalue weighted by Crippen LogP contribution is -2.60. The molecular formula is C64H115NO8. The molecule has 0 aromatic rings. The minimum Gasteiger partial charge on any atom is -0.394 e. The molecule has 9 heteroatoms. The summed E-state index contributed by atoms with van der Waals surface area (Å²) in [5.74, 6) is -0.192. The minimum absolute atomic E-state index is 0.192. The maximum atomic E-state index is 13.0. The van der Waals surface area contributed by atoms with Crippen LogP contribution in [0.15, 0.2) is 72.9 Å². The summed E-state index contributed by atoms with van der Waals surface area (Å²) in [4.78, 5) is 13.0. The Morgan fingerprint density at radius 1 is 0.493 bits per heavy atom. The van der Waals surface area contributed by atoms with Gasteiger partial charge in [0.1, 0.15) is 24.4 Å². The zero-order valence-corrected chi connectivity index (χ0v) is 47.1. The number of ether oxygens (including phenoxy) is 2. The van der Waals surface area contributed by atoms with E-state index in [4.69, 9.17) is 9.47 Å². The molecule has 1 heterocycles. The van der Waals surface area contributed by atoms with Gasteiger partial charge in [0.15, 0.2) is 6.29 Å². The van der Waals surface area contributed by atoms with E-state index in [-0.39, 0.29) is 12.5 Å². The normalized spacial score (nSPS) is 19.6. The number of rotatable bonds is 52. The lowest BCUT2D eigenvalue weighted by Gasteiger charge is -2.40. The van der Waals surface area contributed by atoms with Crippen LogP contribution in [0.25, 0.3) is 0 Å². The molecule has 1 amide bonds. The first-order valence-electron chi connectivity index (χ1n) is 30.6. The molecule has 7 unspecified atom stereocenters. The molecule has 424 valence electrons. The Bertz CT molecular complexity index is 1380. The Morgan fingerprint density at radius 2 is 0.877 bits per heavy atom. The third-order valence-electron chi connectivity index (χ3n) is 14.3. The molecule has 1 aliphatic heterocycles. The SMILES string of the molecule is C/C=C/CC/C=C/CC/C=C/C(O)C(COC1OC(CO)C(O)C(O)C1O)NC(=O)CCCCCCCCCCCCCCCCCCCCCCCCCCCC/C=C\C/C=C\C/C=C\CCCCCCC. The number of amides is 1. The molecule has 0 saturated carbocycles. The van der Waals surface area contributed by atoms with Crippen molar-refractivity contribution in [2.45, 2.75) is 314 Å². The van der Waals surface area contributed by atoms with Crippen molar-refractivity contribution in [2.75, 3.05) is 13.2 Å². The smallest absolute Gasteiger partial charge is 0.220 e. The summed E-state index contributed by atoms with van der Waals surface area (Å²) < 4.78 is 11.2. The highest BCUT2D eigenvalue weighted by Gasteiger charge is 2.44. The van der Waals surface area contributed by atoms with E-state index in [0.717, 1.165) is 57.8 Å². The molecule has 0 bridgehead atoms. The summed E-state index contributed by atoms with van der Waals surface area (Å²) in [5, 5.41) is 54.2. The number of allylic oxidation sites excluding steroid dienone is 11. The predicted molar refractivity (Wildman–Crippen MR) is 309 cm³/mol. The van der Waals surface area contributed by atoms with Crippen molar-refractivity contribution < 1.29 is 39.8 Å². The summed E-state index contributed by atoms with van der Waals surface area (Å²) >= 11 is 0. The monoisotopic (exact) mass is 1030 g/mol. The van der Waals surface area contributed by atoms with E-state index in [1.807, 2.05) is 19.1 Å². The van der Waals surface area contributed by atoms with Gasteiger partial charge in [-0.3, -0.25) is 4.79 Å². The topological polar surface area (TPSA) is 149 Å². The van der Waals surface area contributed by atoms with Crippen LogP contribution in [0.1, 0.15) is 271 Å². The van der Waals surface area contributed by atoms with Crippen LogP contribution >= 0.6 is 0 Å². The summed E-state index contributed by atoms with van der Waals surface area (Å²) in [6, 6.07) is -0.826. The second-order valence-corrected chi connectivity index (χ2v) is 21.1. The third kappa shape index (κ3) is 42.4. The van der Waals surface area contributed by atoms with Gasteiger partial charge in [0.25, 0.3) is 0 Å². The van der Waals surface area contributed by atoms with Crippen LogP contribution in [0.2, 0.25) is 0 Å². The Hall–Kier alpha value is -2.37. The number of aliphatic hydroxyl groups is 5. The Labute approximate surface area is 448 Å². The maximum Gasteiger partial charge on any atom is 0.220 e. The van der Waals surface area contributed by atoms with Crippen LogP contribution in [-0.4, -0.2) is 87.5 Å². The molecule has 0 radical (unpaired) electrons. The standard InChI is InChI=1S/C64H115NO8/c1-3-5-7-9-11-13-14-15-16-17-18-19-20-21-22-23-24-25-26-27-28-29-30-31-32-33-34-35-36-37-38-39-40-41-42-43-44-46-48-50-52-54-60(68)65-57(58(67)53-51-49-47-45-12-10-8-6-4-2)56-72-64-63(71)62(70)61(69)59(55-66)73-64/h4,6,12,14-15,17-18,20-21,45,51,53,57-59,61-64,66-67,69-71H,3,5,7-11,13,16,19,22-44,46-50,52,54-56H2,1-2H3,(H,65,68)/b6-4+,15-14-,18-17-,21-20-,45-12+,53-51+. The van der Waals surface area contributed by atoms with Crippen molar-refractivity contribution in [2.24, 2.45) is 0 Å². The van der Waals surface area contributed by atoms with Crippen LogP contribution in [0.3, 0.4) is 0 Å². The van der Waals surface area contributed by atoms with Crippen molar-refractivity contribution in [3.8, 4) is 0 Å². The number of nitrogens with one attached hydrogen (secondary N) is 1. The Balaban J connectivity index is 1.98. The van der Waals surface area contributed by atoms with Gasteiger partial charge in [0.05, 0.1) is 25.4 Å². The fourth-order valence-electron chi connectivity index (χ4n) is 9.50. The van der Waals surface area contributed by atoms with Crippen molar-refractivity contribution in [1.82, 2.24) is 5.32 Å². The molecule has 73 heavy (non-hydrogen) atoms. The van der Waals surface area contributed by atoms with E-state index in [0.29, 0.717) is 6.42 Å². The van der Waals surface area contributed by atoms with Gasteiger partial charge in [-0.2, -0.15) is 0 Å². The number of hydrogen-bond donors (Lipinski definition) is 6. The first-order chi connectivity index (χ1) is 35.8. The van der Waals surface area contributed by atoms with Crippen LogP contribution in [0, 0.1) is 0 Å². The second-order valence-electron chi connectivity index (χ2n) is 21.1. The highest BCUT2D eigenvalue weighted by molar-refractivity contribution is 5.76. The fourth-order valence-corrected chi connectivity index (χ4v) is 9.50. The average molecular weight is 1030 g/mol. The highest BCUT2D eigenvalue weighted by atomic mass is 16.7. The molecule has 7 atom stereocenters. The average Bonchev–Trinajstić information content (AvgIpc) is 3.39. The quantitative estimate of drug-likeness (QED) is 0.0261. The lowest BCUT2D eigenvalue weighted by molar-refractivity contribution is -0.302. The van der Waals surface area contributed by atoms with Crippen molar-refractivity contribution >= 4 is 5.91 Å². The lowest BCUT2D eigenvalue weighted by atomic mass is 9.99. The molecule has 1 saturated heterocycles. The summed E-state index contributed by atoms with van der Waals surface area (Å²) in [6.45, 7) is 3.51. The number of unbranched alkanes of at least 4 members (excludes halogenated alkanes) is 33. The molecule has 6 N–H and O–H groups in total. The van der Waals surface area contributed by atoms with E-state index in [1.54, 1.807) is 6.08 Å². The largest absolute Gasteiger partial charge is 0.394 e. The van der Waals surface area contributed by atoms with Gasteiger partial charge in [0.2, 0.25) is 5.91 Å². The highest BCUT2D eigenvalue weighted by Crippen LogP contribution is 2.23. The molecular weight excluding hydrogens is 911 g/mol. The number of hydrogen-bond acceptors (Lipinski definition) is 8. The molecule has 0 spiro atoms. The van der Waals surface area contributed by atoms with Crippen LogP contribution < -0.4 is 5.32 Å². The van der Waals surface area contributed by atoms with Gasteiger partial charge >= 0.3 is 0 Å². The molecule has 1 rings (SSSR count). The van der Waals surface area contributed by atoms with Gasteiger partial charge < -0.3 is 40.3 Å². The number of carbonyl (C=O) groups excluding carboxylic acids is 1. The van der Waals surface area contributed by atoms with E-state index < -0.39 is 49.5 Å². The molecule has 9 nitrogen and oxygen atoms in total. The first kappa shape index (κ1) is 68.6. The van der Waals surface area contributed by atoms with E-state index in [9.17, 15) is 30.3 Å². The third-order valence-corrected chi connectivity index (χ3v) is 14.3. The van der Waals surface area contributed by atoms with Gasteiger partial charge in [-0.15, -0.1) is 0 Å². The van der Waals surface area contributed by atoms with Crippen molar-refractivity contribution in [1.29, 1.82) is 0 Å². The van der Waals surface area contributed by atoms with Crippen LogP contribution in [0.4, 0.5) is 0 Å². The van der Waals surface area contributed by atoms with E-state index in [2.05, 4.69) is 66.9 Å². The summed E-state index contributed by atoms with van der Waals surface area (Å²) in [6.07, 6.45) is 67.7. The van der Waals surface area contributed by atoms with Crippen molar-refractivity contribution in [3.63, 3.8) is 0 Å². The van der Waals surface area contributed by atoms with Gasteiger partial charge in [-0.05, 0) is 77.6 Å². The maximum absolute atomic E-state index is 13.0. The molecule has 0 aliphatic carbocycles. The summed E-state index contributed by atoms with van der Waals surface area (Å²) in [5.41, 5.74) is 0. The number of carbonyl (C=O) groups is 1. The molecule has 0 aromatic carbocycles. The van der Waals surface area contributed by atoms with Gasteiger partial charge in [0, 0.05) is 6.42 Å². The Kier molecular flexibility index (Phi) is 49.9. The first-order valence-corrected chi connectivity index (χ1v) is 30.6. The van der Waals surface area contributed by atoms with E-state index in [1.165, 1.54) is 193 Å². The Morgan fingerprint density at radius 3 is 1.32 bits per heavy atom. The fraction of sp³-hybridized carbons (Fsp3) is 0.797. The van der Waals surface area contributed by atoms with Crippen LogP contribution in [-0.2, 0) is 14.3 Å². The molecule has 1 fully saturated rings. The summed E-state index contributed by atoms with van der Waals surface area (Å²) in [7, 11) is 0. The van der Waals surface area contributed by atoms with Crippen LogP contribution in [0.5, 0.6) is 0 Å². The minimum atomic E-state index is -1.57. The zero-order chi connectivity index (χ0) is 52.9. The second kappa shape index (κ2) is 53.0. The predicted octanol–water partition coefficient (Wildman–Crippen LogP) is 15.6. The van der Waals surface area contributed by atoms with E-state index >= 15 is 0 Å². The molecule has 1 aliphatic rings. The molecule has 0 aromatic heterocycles. The van der Waals surface area contributed by atoms with Gasteiger partial charge in [-0.1, -0.05) is 260 Å². The zero-order valence-electron chi connectivity index (χ0n) is 47.1.